The highest BCUT2D eigenvalue weighted by atomic mass is 15.2. The summed E-state index contributed by atoms with van der Waals surface area (Å²) < 4.78 is 0. The van der Waals surface area contributed by atoms with E-state index < -0.39 is 0 Å². The molecule has 2 heteroatoms. The highest BCUT2D eigenvalue weighted by molar-refractivity contribution is 5.51. The first-order valence-electron chi connectivity index (χ1n) is 7.69. The fraction of sp³-hybridized carbons (Fsp3) is 0.647. The molecule has 1 aliphatic carbocycles. The minimum atomic E-state index is 0.184. The van der Waals surface area contributed by atoms with E-state index in [1.165, 1.54) is 36.9 Å². The van der Waals surface area contributed by atoms with E-state index in [0.29, 0.717) is 0 Å². The van der Waals surface area contributed by atoms with Crippen molar-refractivity contribution < 1.29 is 0 Å². The minimum Gasteiger partial charge on any atom is -0.365 e. The maximum atomic E-state index is 6.20. The van der Waals surface area contributed by atoms with Crippen LogP contribution in [0.25, 0.3) is 0 Å². The summed E-state index contributed by atoms with van der Waals surface area (Å²) in [4.78, 5) is 2.55. The topological polar surface area (TPSA) is 29.3 Å². The summed E-state index contributed by atoms with van der Waals surface area (Å²) in [6, 6.07) is 8.84. The molecule has 1 aromatic carbocycles. The third kappa shape index (κ3) is 2.79. The Morgan fingerprint density at radius 3 is 2.68 bits per heavy atom. The van der Waals surface area contributed by atoms with Crippen molar-refractivity contribution in [1.29, 1.82) is 0 Å². The molecule has 1 fully saturated rings. The summed E-state index contributed by atoms with van der Waals surface area (Å²) in [6.07, 6.45) is 5.11. The van der Waals surface area contributed by atoms with Gasteiger partial charge in [0.15, 0.2) is 0 Å². The molecule has 1 aliphatic rings. The van der Waals surface area contributed by atoms with Gasteiger partial charge in [0, 0.05) is 18.8 Å². The average Bonchev–Trinajstić information content (AvgIpc) is 2.84. The van der Waals surface area contributed by atoms with Gasteiger partial charge in [-0.25, -0.2) is 0 Å². The largest absolute Gasteiger partial charge is 0.365 e. The van der Waals surface area contributed by atoms with Crippen LogP contribution < -0.4 is 10.6 Å². The van der Waals surface area contributed by atoms with Gasteiger partial charge < -0.3 is 10.6 Å². The number of likely N-dealkylation sites (N-methyl/N-ethyl adjacent to an activating group) is 1. The Balaban J connectivity index is 2.29. The second-order valence-electron chi connectivity index (χ2n) is 6.03. The van der Waals surface area contributed by atoms with Crippen LogP contribution in [0.3, 0.4) is 0 Å². The number of rotatable bonds is 5. The van der Waals surface area contributed by atoms with E-state index >= 15 is 0 Å². The van der Waals surface area contributed by atoms with E-state index in [9.17, 15) is 0 Å². The molecule has 1 aromatic rings. The van der Waals surface area contributed by atoms with Gasteiger partial charge in [-0.1, -0.05) is 25.5 Å². The monoisotopic (exact) mass is 260 g/mol. The minimum absolute atomic E-state index is 0.184. The third-order valence-corrected chi connectivity index (χ3v) is 4.85. The Hall–Kier alpha value is -1.02. The fourth-order valence-electron chi connectivity index (χ4n) is 3.69. The van der Waals surface area contributed by atoms with Crippen LogP contribution in [0.15, 0.2) is 24.3 Å². The van der Waals surface area contributed by atoms with Gasteiger partial charge in [0.1, 0.15) is 0 Å². The molecule has 19 heavy (non-hydrogen) atoms. The molecule has 2 unspecified atom stereocenters. The summed E-state index contributed by atoms with van der Waals surface area (Å²) in [7, 11) is 0. The Kier molecular flexibility index (Phi) is 4.51. The lowest BCUT2D eigenvalue weighted by Gasteiger charge is -2.42. The molecule has 0 heterocycles. The van der Waals surface area contributed by atoms with Crippen molar-refractivity contribution in [3.05, 3.63) is 29.8 Å². The van der Waals surface area contributed by atoms with Crippen LogP contribution in [-0.2, 0) is 0 Å². The first kappa shape index (κ1) is 14.4. The molecule has 2 rings (SSSR count). The van der Waals surface area contributed by atoms with E-state index in [0.717, 1.165) is 19.0 Å². The summed E-state index contributed by atoms with van der Waals surface area (Å²) in [6.45, 7) is 8.53. The van der Waals surface area contributed by atoms with Crippen molar-refractivity contribution in [1.82, 2.24) is 0 Å². The average molecular weight is 260 g/mol. The lowest BCUT2D eigenvalue weighted by atomic mass is 9.92. The highest BCUT2D eigenvalue weighted by Crippen LogP contribution is 2.42. The zero-order valence-electron chi connectivity index (χ0n) is 12.7. The molecule has 0 amide bonds. The fourth-order valence-corrected chi connectivity index (χ4v) is 3.69. The number of anilines is 1. The zero-order chi connectivity index (χ0) is 13.9. The quantitative estimate of drug-likeness (QED) is 0.874. The molecule has 106 valence electrons. The number of aryl methyl sites for hydroxylation is 1. The second kappa shape index (κ2) is 5.96. The standard InChI is InChI=1S/C17H28N2/c1-4-15-9-10-17(12-15,13-18)19(5-2)16-8-6-7-14(3)11-16/h6-8,11,15H,4-5,9-10,12-13,18H2,1-3H3. The van der Waals surface area contributed by atoms with Crippen molar-refractivity contribution in [2.45, 2.75) is 52.0 Å². The maximum absolute atomic E-state index is 6.20. The molecule has 2 nitrogen and oxygen atoms in total. The molecule has 0 radical (unpaired) electrons. The predicted octanol–water partition coefficient (Wildman–Crippen LogP) is 3.73. The van der Waals surface area contributed by atoms with Gasteiger partial charge in [0.2, 0.25) is 0 Å². The molecule has 0 spiro atoms. The van der Waals surface area contributed by atoms with Gasteiger partial charge in [-0.3, -0.25) is 0 Å². The molecule has 2 N–H and O–H groups in total. The predicted molar refractivity (Wildman–Crippen MR) is 83.6 cm³/mol. The van der Waals surface area contributed by atoms with Crippen molar-refractivity contribution in [2.75, 3.05) is 18.0 Å². The van der Waals surface area contributed by atoms with Crippen LogP contribution in [0.4, 0.5) is 5.69 Å². The van der Waals surface area contributed by atoms with Crippen LogP contribution in [-0.4, -0.2) is 18.6 Å². The van der Waals surface area contributed by atoms with Crippen LogP contribution >= 0.6 is 0 Å². The third-order valence-electron chi connectivity index (χ3n) is 4.85. The van der Waals surface area contributed by atoms with Gasteiger partial charge in [-0.05, 0) is 56.7 Å². The number of hydrogen-bond donors (Lipinski definition) is 1. The number of hydrogen-bond acceptors (Lipinski definition) is 2. The lowest BCUT2D eigenvalue weighted by molar-refractivity contribution is 0.386. The first-order chi connectivity index (χ1) is 9.15. The zero-order valence-corrected chi connectivity index (χ0v) is 12.7. The molecule has 1 saturated carbocycles. The van der Waals surface area contributed by atoms with E-state index in [4.69, 9.17) is 5.73 Å². The van der Waals surface area contributed by atoms with E-state index in [2.05, 4.69) is 49.9 Å². The van der Waals surface area contributed by atoms with Crippen LogP contribution in [0, 0.1) is 12.8 Å². The van der Waals surface area contributed by atoms with E-state index in [-0.39, 0.29) is 5.54 Å². The molecular formula is C17H28N2. The first-order valence-corrected chi connectivity index (χ1v) is 7.69. The molecule has 0 aromatic heterocycles. The Bertz CT molecular complexity index is 415. The number of nitrogens with two attached hydrogens (primary N) is 1. The lowest BCUT2D eigenvalue weighted by Crippen LogP contribution is -2.52. The molecule has 2 atom stereocenters. The van der Waals surface area contributed by atoms with E-state index in [1.54, 1.807) is 0 Å². The van der Waals surface area contributed by atoms with Gasteiger partial charge in [-0.15, -0.1) is 0 Å². The van der Waals surface area contributed by atoms with Gasteiger partial charge >= 0.3 is 0 Å². The van der Waals surface area contributed by atoms with Gasteiger partial charge in [0.25, 0.3) is 0 Å². The highest BCUT2D eigenvalue weighted by Gasteiger charge is 2.41. The number of benzene rings is 1. The van der Waals surface area contributed by atoms with Crippen molar-refractivity contribution in [3.63, 3.8) is 0 Å². The SMILES string of the molecule is CCC1CCC(CN)(N(CC)c2cccc(C)c2)C1. The second-order valence-corrected chi connectivity index (χ2v) is 6.03. The van der Waals surface area contributed by atoms with Crippen molar-refractivity contribution in [2.24, 2.45) is 11.7 Å². The maximum Gasteiger partial charge on any atom is 0.0526 e. The van der Waals surface area contributed by atoms with Crippen molar-refractivity contribution in [3.8, 4) is 0 Å². The van der Waals surface area contributed by atoms with E-state index in [1.807, 2.05) is 0 Å². The Morgan fingerprint density at radius 2 is 2.16 bits per heavy atom. The molecular weight excluding hydrogens is 232 g/mol. The van der Waals surface area contributed by atoms with Crippen LogP contribution in [0.2, 0.25) is 0 Å². The summed E-state index contributed by atoms with van der Waals surface area (Å²) in [5, 5.41) is 0. The summed E-state index contributed by atoms with van der Waals surface area (Å²) >= 11 is 0. The smallest absolute Gasteiger partial charge is 0.0526 e. The molecule has 0 aliphatic heterocycles. The molecule has 0 bridgehead atoms. The van der Waals surface area contributed by atoms with Gasteiger partial charge in [0.05, 0.1) is 5.54 Å². The van der Waals surface area contributed by atoms with Crippen LogP contribution in [0.5, 0.6) is 0 Å². The Morgan fingerprint density at radius 1 is 1.37 bits per heavy atom. The summed E-state index contributed by atoms with van der Waals surface area (Å²) in [5.74, 6) is 0.849. The summed E-state index contributed by atoms with van der Waals surface area (Å²) in [5.41, 5.74) is 9.04. The number of nitrogens with zero attached hydrogens (tertiary/aromatic N) is 1. The van der Waals surface area contributed by atoms with Gasteiger partial charge in [-0.2, -0.15) is 0 Å². The van der Waals surface area contributed by atoms with Crippen LogP contribution in [0.1, 0.15) is 45.1 Å². The Labute approximate surface area is 118 Å². The normalized spacial score (nSPS) is 26.6. The molecule has 0 saturated heterocycles. The van der Waals surface area contributed by atoms with Crippen molar-refractivity contribution >= 4 is 5.69 Å².